The number of anilines is 1. The second kappa shape index (κ2) is 16.6. The van der Waals surface area contributed by atoms with Crippen molar-refractivity contribution in [3.63, 3.8) is 0 Å². The number of hydrogen-bond donors (Lipinski definition) is 5. The normalized spacial score (nSPS) is 18.2. The minimum atomic E-state index is -0.774. The van der Waals surface area contributed by atoms with Crippen LogP contribution in [0.1, 0.15) is 47.2 Å². The first kappa shape index (κ1) is 35.7. The molecule has 258 valence electrons. The van der Waals surface area contributed by atoms with Crippen LogP contribution in [0.2, 0.25) is 0 Å². The smallest absolute Gasteiger partial charge is 0.253 e. The van der Waals surface area contributed by atoms with Crippen LogP contribution in [-0.4, -0.2) is 82.0 Å². The van der Waals surface area contributed by atoms with E-state index in [0.29, 0.717) is 49.0 Å². The molecule has 12 nitrogen and oxygen atoms in total. The van der Waals surface area contributed by atoms with Gasteiger partial charge in [-0.1, -0.05) is 30.3 Å². The summed E-state index contributed by atoms with van der Waals surface area (Å²) in [5.74, 6) is 0.444. The van der Waals surface area contributed by atoms with Crippen molar-refractivity contribution in [3.8, 4) is 22.5 Å². The highest BCUT2D eigenvalue weighted by Crippen LogP contribution is 2.29. The van der Waals surface area contributed by atoms with Crippen LogP contribution in [0.25, 0.3) is 22.5 Å². The number of rotatable bonds is 10. The van der Waals surface area contributed by atoms with Crippen molar-refractivity contribution in [1.82, 2.24) is 36.2 Å². The van der Waals surface area contributed by atoms with E-state index in [-0.39, 0.29) is 36.0 Å². The van der Waals surface area contributed by atoms with Gasteiger partial charge in [0.25, 0.3) is 5.91 Å². The monoisotopic (exact) mass is 685 g/mol. The molecule has 0 radical (unpaired) electrons. The fraction of sp³-hybridized carbons (Fsp3) is 0.389. The van der Waals surface area contributed by atoms with Crippen molar-refractivity contribution in [2.24, 2.45) is 17.6 Å². The molecule has 0 unspecified atom stereocenters. The summed E-state index contributed by atoms with van der Waals surface area (Å²) in [6.45, 7) is 5.70. The van der Waals surface area contributed by atoms with E-state index in [1.807, 2.05) is 54.3 Å². The van der Waals surface area contributed by atoms with Gasteiger partial charge in [-0.2, -0.15) is 5.21 Å². The number of carbonyl (C=O) groups excluding carboxylic acids is 3. The third-order valence-corrected chi connectivity index (χ3v) is 9.52. The molecule has 1 saturated heterocycles. The summed E-state index contributed by atoms with van der Waals surface area (Å²) >= 11 is 0. The van der Waals surface area contributed by atoms with Gasteiger partial charge in [0, 0.05) is 55.3 Å². The third kappa shape index (κ3) is 8.88. The lowest BCUT2D eigenvalue weighted by Gasteiger charge is -2.28. The quantitative estimate of drug-likeness (QED) is 0.168. The number of H-pyrrole nitrogens is 1. The maximum atomic E-state index is 13.7. The van der Waals surface area contributed by atoms with E-state index in [9.17, 15) is 14.4 Å². The predicted octanol–water partition coefficient (Wildman–Crippen LogP) is 3.74. The van der Waals surface area contributed by atoms with Crippen LogP contribution in [0.3, 0.4) is 0 Å². The average molecular weight is 686 g/mol. The molecule has 1 aliphatic carbocycles. The Morgan fingerprint density at radius 2 is 1.63 bits per heavy atom. The Morgan fingerprint density at radius 1 is 0.939 bits per heavy atom. The second-order valence-electron chi connectivity index (χ2n) is 12.8. The van der Waals surface area contributed by atoms with Gasteiger partial charge in [-0.05, 0) is 109 Å². The number of nitrogens with zero attached hydrogens (tertiary/aromatic N) is 4. The fourth-order valence-electron chi connectivity index (χ4n) is 6.60. The number of benzene rings is 3. The first-order chi connectivity index (χ1) is 23.4. The van der Waals surface area contributed by atoms with Gasteiger partial charge < -0.3 is 26.6 Å². The number of aromatic amines is 1. The Kier molecular flexibility index (Phi) is 12.1. The molecule has 6 N–H and O–H groups in total. The molecule has 49 heavy (non-hydrogen) atoms. The van der Waals surface area contributed by atoms with Gasteiger partial charge in [-0.3, -0.25) is 14.4 Å². The number of aryl methyl sites for hydroxylation is 1. The maximum absolute atomic E-state index is 13.7. The Hall–Kier alpha value is -4.65. The zero-order valence-corrected chi connectivity index (χ0v) is 28.5. The number of aromatic nitrogens is 4. The summed E-state index contributed by atoms with van der Waals surface area (Å²) in [7, 11) is 0. The molecule has 2 aliphatic rings. The zero-order chi connectivity index (χ0) is 33.5. The summed E-state index contributed by atoms with van der Waals surface area (Å²) < 4.78 is 0. The van der Waals surface area contributed by atoms with E-state index in [0.717, 1.165) is 66.6 Å². The van der Waals surface area contributed by atoms with Crippen LogP contribution in [0, 0.1) is 18.8 Å². The molecular weight excluding hydrogens is 642 g/mol. The Morgan fingerprint density at radius 3 is 2.27 bits per heavy atom. The highest BCUT2D eigenvalue weighted by molar-refractivity contribution is 5.98. The van der Waals surface area contributed by atoms with Crippen molar-refractivity contribution in [2.75, 3.05) is 38.0 Å². The second-order valence-corrected chi connectivity index (χ2v) is 12.8. The van der Waals surface area contributed by atoms with E-state index < -0.39 is 6.04 Å². The molecule has 6 rings (SSSR count). The van der Waals surface area contributed by atoms with E-state index >= 15 is 0 Å². The number of halogens is 1. The molecule has 1 saturated carbocycles. The summed E-state index contributed by atoms with van der Waals surface area (Å²) in [6, 6.07) is 20.3. The van der Waals surface area contributed by atoms with Crippen LogP contribution in [0.4, 0.5) is 5.69 Å². The van der Waals surface area contributed by atoms with Crippen molar-refractivity contribution in [1.29, 1.82) is 0 Å². The molecule has 1 atom stereocenters. The van der Waals surface area contributed by atoms with Crippen molar-refractivity contribution >= 4 is 35.8 Å². The third-order valence-electron chi connectivity index (χ3n) is 9.52. The molecule has 2 fully saturated rings. The standard InChI is InChI=1S/C36H43N9O3.ClH/c1-23-20-29(36(48)45-18-16-38-17-19-45)12-15-31(23)26-6-2-24(3-7-26)21-32(40-34(46)28-8-4-25(22-37)5-9-28)35(47)39-30-13-10-27(11-14-30)33-41-43-44-42-33;/h2-3,6-7,10-15,20,25,28,32,38H,4-5,8-9,16-19,21-22,37H2,1H3,(H,39,47)(H,40,46)(H,41,42,43,44);1H/t25?,28?,32-;/m0./s1. The van der Waals surface area contributed by atoms with Gasteiger partial charge >= 0.3 is 0 Å². The topological polar surface area (TPSA) is 171 Å². The summed E-state index contributed by atoms with van der Waals surface area (Å²) in [4.78, 5) is 42.0. The molecule has 3 amide bonds. The van der Waals surface area contributed by atoms with Crippen molar-refractivity contribution in [2.45, 2.75) is 45.1 Å². The maximum Gasteiger partial charge on any atom is 0.253 e. The Balaban J connectivity index is 0.00000468. The zero-order valence-electron chi connectivity index (χ0n) is 27.7. The van der Waals surface area contributed by atoms with E-state index in [4.69, 9.17) is 5.73 Å². The van der Waals surface area contributed by atoms with Crippen molar-refractivity contribution in [3.05, 3.63) is 83.4 Å². The molecule has 13 heteroatoms. The predicted molar refractivity (Wildman–Crippen MR) is 191 cm³/mol. The Labute approximate surface area is 292 Å². The minimum absolute atomic E-state index is 0. The number of nitrogens with one attached hydrogen (secondary N) is 4. The highest BCUT2D eigenvalue weighted by Gasteiger charge is 2.29. The lowest BCUT2D eigenvalue weighted by Crippen LogP contribution is -2.48. The summed E-state index contributed by atoms with van der Waals surface area (Å²) in [6.07, 6.45) is 3.71. The fourth-order valence-corrected chi connectivity index (χ4v) is 6.60. The number of tetrazole rings is 1. The largest absolute Gasteiger partial charge is 0.344 e. The highest BCUT2D eigenvalue weighted by atomic mass is 35.5. The van der Waals surface area contributed by atoms with E-state index in [2.05, 4.69) is 36.6 Å². The number of hydrogen-bond acceptors (Lipinski definition) is 8. The summed E-state index contributed by atoms with van der Waals surface area (Å²) in [5.41, 5.74) is 11.9. The van der Waals surface area contributed by atoms with Crippen LogP contribution in [0.15, 0.2) is 66.7 Å². The molecule has 0 spiro atoms. The van der Waals surface area contributed by atoms with Gasteiger partial charge in [-0.15, -0.1) is 22.6 Å². The lowest BCUT2D eigenvalue weighted by molar-refractivity contribution is -0.130. The Bertz CT molecular complexity index is 1700. The molecule has 3 aromatic carbocycles. The van der Waals surface area contributed by atoms with E-state index in [1.165, 1.54) is 0 Å². The summed E-state index contributed by atoms with van der Waals surface area (Å²) in [5, 5.41) is 23.3. The van der Waals surface area contributed by atoms with Crippen molar-refractivity contribution < 1.29 is 14.4 Å². The van der Waals surface area contributed by atoms with Gasteiger partial charge in [0.05, 0.1) is 0 Å². The van der Waals surface area contributed by atoms with Crippen LogP contribution in [0.5, 0.6) is 0 Å². The van der Waals surface area contributed by atoms with Crippen LogP contribution >= 0.6 is 12.4 Å². The molecule has 1 aliphatic heterocycles. The molecule has 1 aromatic heterocycles. The molecule has 0 bridgehead atoms. The average Bonchev–Trinajstić information content (AvgIpc) is 3.67. The molecule has 4 aromatic rings. The molecule has 2 heterocycles. The number of carbonyl (C=O) groups is 3. The lowest BCUT2D eigenvalue weighted by atomic mass is 9.81. The first-order valence-electron chi connectivity index (χ1n) is 16.7. The van der Waals surface area contributed by atoms with Gasteiger partial charge in [-0.25, -0.2) is 0 Å². The van der Waals surface area contributed by atoms with Gasteiger partial charge in [0.15, 0.2) is 0 Å². The first-order valence-corrected chi connectivity index (χ1v) is 16.7. The van der Waals surface area contributed by atoms with Crippen LogP contribution < -0.4 is 21.7 Å². The van der Waals surface area contributed by atoms with Crippen LogP contribution in [-0.2, 0) is 16.0 Å². The van der Waals surface area contributed by atoms with Gasteiger partial charge in [0.2, 0.25) is 17.6 Å². The number of piperazine rings is 1. The SMILES string of the molecule is Cc1cc(C(=O)N2CCNCC2)ccc1-c1ccc(C[C@H](NC(=O)C2CCC(CN)CC2)C(=O)Nc2ccc(-c3nn[nH]n3)cc2)cc1.Cl. The van der Waals surface area contributed by atoms with Gasteiger partial charge in [0.1, 0.15) is 6.04 Å². The number of nitrogens with two attached hydrogens (primary N) is 1. The van der Waals surface area contributed by atoms with E-state index in [1.54, 1.807) is 24.3 Å². The minimum Gasteiger partial charge on any atom is -0.344 e. The molecular formula is C36H44ClN9O3. The number of amides is 3.